The number of ether oxygens (including phenoxy) is 1. The van der Waals surface area contributed by atoms with Crippen LogP contribution in [0.25, 0.3) is 0 Å². The highest BCUT2D eigenvalue weighted by atomic mass is 35.5. The van der Waals surface area contributed by atoms with Crippen LogP contribution >= 0.6 is 11.6 Å². The van der Waals surface area contributed by atoms with E-state index in [0.29, 0.717) is 43.4 Å². The molecule has 8 heteroatoms. The van der Waals surface area contributed by atoms with E-state index in [0.717, 1.165) is 29.8 Å². The quantitative estimate of drug-likeness (QED) is 0.401. The average Bonchev–Trinajstić information content (AvgIpc) is 3.19. The Hall–Kier alpha value is -3.32. The third-order valence-electron chi connectivity index (χ3n) is 6.96. The standard InChI is InChI=1S/C29H35ClN4O3/c1-22-15-23(2)34(31-22)19-28(36)33-14-8-13-29(20-33,21-37-26-12-7-11-25(30)16-26)17-27(35)32(3)18-24-9-5-4-6-10-24/h4-7,9-12,15-16H,8,13-14,17-21H2,1-3H3/t29-/m1/s1. The van der Waals surface area contributed by atoms with Crippen LogP contribution in [-0.2, 0) is 22.7 Å². The zero-order chi connectivity index (χ0) is 26.4. The fraction of sp³-hybridized carbons (Fsp3) is 0.414. The van der Waals surface area contributed by atoms with E-state index >= 15 is 0 Å². The van der Waals surface area contributed by atoms with Gasteiger partial charge in [0.1, 0.15) is 12.3 Å². The number of rotatable bonds is 9. The maximum atomic E-state index is 13.4. The van der Waals surface area contributed by atoms with Crippen LogP contribution in [0.3, 0.4) is 0 Å². The second kappa shape index (κ2) is 11.8. The molecule has 4 rings (SSSR count). The molecule has 3 aromatic rings. The monoisotopic (exact) mass is 522 g/mol. The molecular formula is C29H35ClN4O3. The summed E-state index contributed by atoms with van der Waals surface area (Å²) in [5.41, 5.74) is 2.41. The van der Waals surface area contributed by atoms with Crippen molar-refractivity contribution in [2.24, 2.45) is 5.41 Å². The Morgan fingerprint density at radius 3 is 2.59 bits per heavy atom. The van der Waals surface area contributed by atoms with Gasteiger partial charge < -0.3 is 14.5 Å². The second-order valence-electron chi connectivity index (χ2n) is 10.2. The Morgan fingerprint density at radius 1 is 1.11 bits per heavy atom. The lowest BCUT2D eigenvalue weighted by Crippen LogP contribution is -2.51. The zero-order valence-electron chi connectivity index (χ0n) is 21.8. The molecule has 1 atom stereocenters. The first kappa shape index (κ1) is 26.7. The summed E-state index contributed by atoms with van der Waals surface area (Å²) < 4.78 is 7.93. The molecule has 0 bridgehead atoms. The molecule has 2 heterocycles. The highest BCUT2D eigenvalue weighted by Crippen LogP contribution is 2.36. The van der Waals surface area contributed by atoms with Gasteiger partial charge >= 0.3 is 0 Å². The van der Waals surface area contributed by atoms with Gasteiger partial charge in [-0.15, -0.1) is 0 Å². The maximum Gasteiger partial charge on any atom is 0.244 e. The Morgan fingerprint density at radius 2 is 1.89 bits per heavy atom. The van der Waals surface area contributed by atoms with E-state index in [1.165, 1.54) is 0 Å². The molecule has 1 aliphatic rings. The van der Waals surface area contributed by atoms with Gasteiger partial charge in [-0.1, -0.05) is 48.0 Å². The smallest absolute Gasteiger partial charge is 0.244 e. The van der Waals surface area contributed by atoms with Crippen molar-refractivity contribution in [3.05, 3.63) is 82.6 Å². The summed E-state index contributed by atoms with van der Waals surface area (Å²) in [6, 6.07) is 19.2. The van der Waals surface area contributed by atoms with Crippen LogP contribution < -0.4 is 4.74 Å². The lowest BCUT2D eigenvalue weighted by atomic mass is 9.77. The first-order chi connectivity index (χ1) is 17.7. The van der Waals surface area contributed by atoms with Crippen molar-refractivity contribution < 1.29 is 14.3 Å². The predicted octanol–water partition coefficient (Wildman–Crippen LogP) is 4.89. The maximum absolute atomic E-state index is 13.4. The first-order valence-electron chi connectivity index (χ1n) is 12.7. The summed E-state index contributed by atoms with van der Waals surface area (Å²) in [7, 11) is 1.83. The number of aryl methyl sites for hydroxylation is 2. The second-order valence-corrected chi connectivity index (χ2v) is 10.6. The van der Waals surface area contributed by atoms with Crippen molar-refractivity contribution in [3.8, 4) is 5.75 Å². The number of halogens is 1. The third-order valence-corrected chi connectivity index (χ3v) is 7.19. The fourth-order valence-electron chi connectivity index (χ4n) is 4.99. The minimum atomic E-state index is -0.507. The summed E-state index contributed by atoms with van der Waals surface area (Å²) >= 11 is 6.16. The SMILES string of the molecule is Cc1cc(C)n(CC(=O)N2CCC[C@@](COc3cccc(Cl)c3)(CC(=O)N(C)Cc3ccccc3)C2)n1. The molecule has 0 aliphatic carbocycles. The lowest BCUT2D eigenvalue weighted by Gasteiger charge is -2.43. The molecule has 0 spiro atoms. The average molecular weight is 523 g/mol. The topological polar surface area (TPSA) is 67.7 Å². The number of carbonyl (C=O) groups excluding carboxylic acids is 2. The van der Waals surface area contributed by atoms with Crippen LogP contribution in [0.4, 0.5) is 0 Å². The molecule has 196 valence electrons. The van der Waals surface area contributed by atoms with Crippen molar-refractivity contribution in [2.75, 3.05) is 26.7 Å². The number of hydrogen-bond acceptors (Lipinski definition) is 4. The van der Waals surface area contributed by atoms with Gasteiger partial charge in [-0.25, -0.2) is 0 Å². The lowest BCUT2D eigenvalue weighted by molar-refractivity contribution is -0.141. The van der Waals surface area contributed by atoms with Crippen molar-refractivity contribution in [2.45, 2.75) is 46.2 Å². The fourth-order valence-corrected chi connectivity index (χ4v) is 5.17. The minimum absolute atomic E-state index is 0.00289. The van der Waals surface area contributed by atoms with Crippen LogP contribution in [0.2, 0.25) is 5.02 Å². The molecule has 0 N–H and O–H groups in total. The molecule has 1 saturated heterocycles. The predicted molar refractivity (Wildman–Crippen MR) is 144 cm³/mol. The Bertz CT molecular complexity index is 1230. The van der Waals surface area contributed by atoms with Crippen LogP contribution in [0, 0.1) is 19.3 Å². The Balaban J connectivity index is 1.50. The van der Waals surface area contributed by atoms with Crippen LogP contribution in [0.15, 0.2) is 60.7 Å². The molecule has 0 unspecified atom stereocenters. The van der Waals surface area contributed by atoms with Crippen molar-refractivity contribution in [3.63, 3.8) is 0 Å². The van der Waals surface area contributed by atoms with Crippen LogP contribution in [0.1, 0.15) is 36.2 Å². The molecule has 2 amide bonds. The summed E-state index contributed by atoms with van der Waals surface area (Å²) in [4.78, 5) is 30.4. The highest BCUT2D eigenvalue weighted by Gasteiger charge is 2.40. The number of likely N-dealkylation sites (tertiary alicyclic amines) is 1. The molecular weight excluding hydrogens is 488 g/mol. The normalized spacial score (nSPS) is 17.5. The highest BCUT2D eigenvalue weighted by molar-refractivity contribution is 6.30. The molecule has 0 radical (unpaired) electrons. The van der Waals surface area contributed by atoms with Gasteiger partial charge in [-0.2, -0.15) is 5.10 Å². The van der Waals surface area contributed by atoms with E-state index < -0.39 is 5.41 Å². The van der Waals surface area contributed by atoms with Crippen molar-refractivity contribution >= 4 is 23.4 Å². The molecule has 37 heavy (non-hydrogen) atoms. The summed E-state index contributed by atoms with van der Waals surface area (Å²) in [6.07, 6.45) is 1.89. The van der Waals surface area contributed by atoms with E-state index in [1.54, 1.807) is 21.7 Å². The number of piperidine rings is 1. The third kappa shape index (κ3) is 7.13. The van der Waals surface area contributed by atoms with Gasteiger partial charge in [0.05, 0.1) is 12.3 Å². The van der Waals surface area contributed by atoms with E-state index in [1.807, 2.05) is 74.3 Å². The number of amides is 2. The van der Waals surface area contributed by atoms with Crippen molar-refractivity contribution in [1.29, 1.82) is 0 Å². The number of carbonyl (C=O) groups is 2. The largest absolute Gasteiger partial charge is 0.493 e. The van der Waals surface area contributed by atoms with Gasteiger partial charge in [0, 0.05) is 49.2 Å². The molecule has 1 aliphatic heterocycles. The van der Waals surface area contributed by atoms with E-state index in [4.69, 9.17) is 16.3 Å². The summed E-state index contributed by atoms with van der Waals surface area (Å²) in [5, 5.41) is 5.04. The Labute approximate surface area is 224 Å². The van der Waals surface area contributed by atoms with E-state index in [2.05, 4.69) is 5.10 Å². The molecule has 0 saturated carbocycles. The molecule has 1 aromatic heterocycles. The van der Waals surface area contributed by atoms with Gasteiger partial charge in [0.15, 0.2) is 0 Å². The van der Waals surface area contributed by atoms with Crippen molar-refractivity contribution in [1.82, 2.24) is 19.6 Å². The first-order valence-corrected chi connectivity index (χ1v) is 13.1. The number of benzene rings is 2. The summed E-state index contributed by atoms with van der Waals surface area (Å²) in [6.45, 7) is 6.03. The zero-order valence-corrected chi connectivity index (χ0v) is 22.6. The molecule has 7 nitrogen and oxygen atoms in total. The van der Waals surface area contributed by atoms with E-state index in [9.17, 15) is 9.59 Å². The number of hydrogen-bond donors (Lipinski definition) is 0. The van der Waals surface area contributed by atoms with Crippen LogP contribution in [-0.4, -0.2) is 58.1 Å². The van der Waals surface area contributed by atoms with E-state index in [-0.39, 0.29) is 18.4 Å². The summed E-state index contributed by atoms with van der Waals surface area (Å²) in [5.74, 6) is 0.692. The number of aromatic nitrogens is 2. The van der Waals surface area contributed by atoms with Gasteiger partial charge in [-0.05, 0) is 56.5 Å². The van der Waals surface area contributed by atoms with Crippen LogP contribution in [0.5, 0.6) is 5.75 Å². The van der Waals surface area contributed by atoms with Gasteiger partial charge in [0.2, 0.25) is 11.8 Å². The Kier molecular flexibility index (Phi) is 8.54. The number of nitrogens with zero attached hydrogens (tertiary/aromatic N) is 4. The van der Waals surface area contributed by atoms with Gasteiger partial charge in [-0.3, -0.25) is 14.3 Å². The molecule has 1 fully saturated rings. The van der Waals surface area contributed by atoms with Gasteiger partial charge in [0.25, 0.3) is 0 Å². The molecule has 2 aromatic carbocycles. The minimum Gasteiger partial charge on any atom is -0.493 e.